The van der Waals surface area contributed by atoms with Crippen LogP contribution in [-0.4, -0.2) is 29.7 Å². The largest absolute Gasteiger partial charge is 0.392 e. The lowest BCUT2D eigenvalue weighted by atomic mass is 10.1. The number of hydrogen-bond donors (Lipinski definition) is 3. The van der Waals surface area contributed by atoms with Crippen LogP contribution in [-0.2, 0) is 0 Å². The first-order valence-corrected chi connectivity index (χ1v) is 5.77. The van der Waals surface area contributed by atoms with Gasteiger partial charge in [0.1, 0.15) is 0 Å². The van der Waals surface area contributed by atoms with Crippen LogP contribution in [0.1, 0.15) is 22.8 Å². The van der Waals surface area contributed by atoms with Crippen LogP contribution in [0.2, 0.25) is 5.02 Å². The van der Waals surface area contributed by atoms with Gasteiger partial charge in [-0.25, -0.2) is 0 Å². The number of halogens is 1. The molecule has 4 nitrogen and oxygen atoms in total. The molecule has 0 aromatic heterocycles. The lowest BCUT2D eigenvalue weighted by Gasteiger charge is -2.15. The predicted octanol–water partition coefficient (Wildman–Crippen LogP) is 1.09. The van der Waals surface area contributed by atoms with Gasteiger partial charge in [0.2, 0.25) is 0 Å². The van der Waals surface area contributed by atoms with Gasteiger partial charge in [0, 0.05) is 23.2 Å². The number of nitrogens with one attached hydrogen (secondary N) is 1. The van der Waals surface area contributed by atoms with Crippen molar-refractivity contribution in [2.75, 3.05) is 6.54 Å². The molecule has 1 aromatic carbocycles. The van der Waals surface area contributed by atoms with Crippen LogP contribution in [0.4, 0.5) is 0 Å². The van der Waals surface area contributed by atoms with Gasteiger partial charge in [-0.05, 0) is 31.5 Å². The lowest BCUT2D eigenvalue weighted by Crippen LogP contribution is -2.43. The number of amides is 1. The molecule has 17 heavy (non-hydrogen) atoms. The Morgan fingerprint density at radius 2 is 2.24 bits per heavy atom. The first-order chi connectivity index (χ1) is 7.91. The highest BCUT2D eigenvalue weighted by Crippen LogP contribution is 2.15. The average molecular weight is 257 g/mol. The van der Waals surface area contributed by atoms with Gasteiger partial charge in [0.05, 0.1) is 6.10 Å². The summed E-state index contributed by atoms with van der Waals surface area (Å²) in [6.07, 6.45) is -0.657. The SMILES string of the molecule is Cc1ccc(Cl)cc1C(=O)NCC(N)C(C)O. The zero-order chi connectivity index (χ0) is 13.0. The highest BCUT2D eigenvalue weighted by molar-refractivity contribution is 6.31. The van der Waals surface area contributed by atoms with Crippen LogP contribution in [0.3, 0.4) is 0 Å². The number of rotatable bonds is 4. The summed E-state index contributed by atoms with van der Waals surface area (Å²) in [4.78, 5) is 11.8. The van der Waals surface area contributed by atoms with Gasteiger partial charge in [-0.3, -0.25) is 4.79 Å². The summed E-state index contributed by atoms with van der Waals surface area (Å²) >= 11 is 5.83. The Hall–Kier alpha value is -1.10. The number of aliphatic hydroxyl groups is 1. The van der Waals surface area contributed by atoms with Crippen LogP contribution in [0.15, 0.2) is 18.2 Å². The van der Waals surface area contributed by atoms with E-state index in [1.807, 2.05) is 6.92 Å². The maximum atomic E-state index is 11.8. The minimum absolute atomic E-state index is 0.225. The van der Waals surface area contributed by atoms with E-state index in [1.165, 1.54) is 0 Å². The van der Waals surface area contributed by atoms with Crippen LogP contribution in [0, 0.1) is 6.92 Å². The first kappa shape index (κ1) is 14.0. The molecule has 0 saturated heterocycles. The molecule has 0 aliphatic rings. The van der Waals surface area contributed by atoms with Gasteiger partial charge >= 0.3 is 0 Å². The van der Waals surface area contributed by atoms with E-state index in [-0.39, 0.29) is 12.5 Å². The Bertz CT molecular complexity index is 407. The normalized spacial score (nSPS) is 14.2. The van der Waals surface area contributed by atoms with Crippen molar-refractivity contribution in [2.24, 2.45) is 5.73 Å². The third-order valence-corrected chi connectivity index (χ3v) is 2.80. The van der Waals surface area contributed by atoms with E-state index >= 15 is 0 Å². The Labute approximate surface area is 106 Å². The summed E-state index contributed by atoms with van der Waals surface area (Å²) in [7, 11) is 0. The van der Waals surface area contributed by atoms with Crippen LogP contribution >= 0.6 is 11.6 Å². The molecule has 2 atom stereocenters. The second kappa shape index (κ2) is 6.00. The Morgan fingerprint density at radius 3 is 2.82 bits per heavy atom. The molecule has 5 heteroatoms. The van der Waals surface area contributed by atoms with Gasteiger partial charge in [-0.2, -0.15) is 0 Å². The zero-order valence-corrected chi connectivity index (χ0v) is 10.7. The molecule has 0 fully saturated rings. The zero-order valence-electron chi connectivity index (χ0n) is 9.90. The van der Waals surface area contributed by atoms with Gasteiger partial charge in [-0.1, -0.05) is 17.7 Å². The number of benzene rings is 1. The molecule has 1 rings (SSSR count). The lowest BCUT2D eigenvalue weighted by molar-refractivity contribution is 0.0937. The minimum atomic E-state index is -0.657. The second-order valence-electron chi connectivity index (χ2n) is 4.07. The standard InChI is InChI=1S/C12H17ClN2O2/c1-7-3-4-9(13)5-10(7)12(17)15-6-11(14)8(2)16/h3-5,8,11,16H,6,14H2,1-2H3,(H,15,17). The van der Waals surface area contributed by atoms with E-state index in [0.717, 1.165) is 5.56 Å². The summed E-state index contributed by atoms with van der Waals surface area (Å²) < 4.78 is 0. The molecule has 0 radical (unpaired) electrons. The van der Waals surface area contributed by atoms with Crippen molar-refractivity contribution < 1.29 is 9.90 Å². The van der Waals surface area contributed by atoms with Crippen molar-refractivity contribution in [3.05, 3.63) is 34.3 Å². The Morgan fingerprint density at radius 1 is 1.59 bits per heavy atom. The van der Waals surface area contributed by atoms with Crippen molar-refractivity contribution in [3.8, 4) is 0 Å². The molecular weight excluding hydrogens is 240 g/mol. The summed E-state index contributed by atoms with van der Waals surface area (Å²) in [6.45, 7) is 3.64. The van der Waals surface area contributed by atoms with E-state index < -0.39 is 12.1 Å². The summed E-state index contributed by atoms with van der Waals surface area (Å²) in [6, 6.07) is 4.65. The number of carbonyl (C=O) groups is 1. The molecule has 0 saturated carbocycles. The minimum Gasteiger partial charge on any atom is -0.392 e. The van der Waals surface area contributed by atoms with Gasteiger partial charge in [-0.15, -0.1) is 0 Å². The van der Waals surface area contributed by atoms with Crippen molar-refractivity contribution in [1.29, 1.82) is 0 Å². The summed E-state index contributed by atoms with van der Waals surface area (Å²) in [5.74, 6) is -0.235. The maximum absolute atomic E-state index is 11.8. The van der Waals surface area contributed by atoms with Gasteiger partial charge in [0.15, 0.2) is 0 Å². The van der Waals surface area contributed by atoms with Crippen LogP contribution in [0.5, 0.6) is 0 Å². The molecule has 0 aliphatic carbocycles. The van der Waals surface area contributed by atoms with Crippen molar-refractivity contribution in [1.82, 2.24) is 5.32 Å². The smallest absolute Gasteiger partial charge is 0.251 e. The van der Waals surface area contributed by atoms with Crippen molar-refractivity contribution in [3.63, 3.8) is 0 Å². The quantitative estimate of drug-likeness (QED) is 0.755. The molecule has 1 amide bonds. The van der Waals surface area contributed by atoms with Crippen LogP contribution in [0.25, 0.3) is 0 Å². The molecule has 4 N–H and O–H groups in total. The molecule has 0 heterocycles. The monoisotopic (exact) mass is 256 g/mol. The maximum Gasteiger partial charge on any atom is 0.251 e. The molecule has 1 aromatic rings. The predicted molar refractivity (Wildman–Crippen MR) is 68.2 cm³/mol. The second-order valence-corrected chi connectivity index (χ2v) is 4.51. The van der Waals surface area contributed by atoms with Gasteiger partial charge < -0.3 is 16.2 Å². The molecule has 0 aliphatic heterocycles. The fraction of sp³-hybridized carbons (Fsp3) is 0.417. The highest BCUT2D eigenvalue weighted by Gasteiger charge is 2.13. The van der Waals surface area contributed by atoms with Crippen LogP contribution < -0.4 is 11.1 Å². The average Bonchev–Trinajstić information content (AvgIpc) is 2.28. The fourth-order valence-electron chi connectivity index (χ4n) is 1.32. The molecule has 0 spiro atoms. The Balaban J connectivity index is 2.67. The number of carbonyl (C=O) groups excluding carboxylic acids is 1. The van der Waals surface area contributed by atoms with E-state index in [4.69, 9.17) is 17.3 Å². The third-order valence-electron chi connectivity index (χ3n) is 2.56. The number of nitrogens with two attached hydrogens (primary N) is 1. The van der Waals surface area contributed by atoms with Crippen molar-refractivity contribution >= 4 is 17.5 Å². The fourth-order valence-corrected chi connectivity index (χ4v) is 1.49. The topological polar surface area (TPSA) is 75.4 Å². The van der Waals surface area contributed by atoms with E-state index in [0.29, 0.717) is 10.6 Å². The van der Waals surface area contributed by atoms with E-state index in [9.17, 15) is 9.90 Å². The molecule has 94 valence electrons. The molecule has 2 unspecified atom stereocenters. The van der Waals surface area contributed by atoms with Crippen molar-refractivity contribution in [2.45, 2.75) is 26.0 Å². The molecule has 0 bridgehead atoms. The number of aliphatic hydroxyl groups excluding tert-OH is 1. The third kappa shape index (κ3) is 4.00. The number of hydrogen-bond acceptors (Lipinski definition) is 3. The summed E-state index contributed by atoms with van der Waals surface area (Å²) in [5, 5.41) is 12.4. The molecular formula is C12H17ClN2O2. The van der Waals surface area contributed by atoms with Gasteiger partial charge in [0.25, 0.3) is 5.91 Å². The number of aryl methyl sites for hydroxylation is 1. The van der Waals surface area contributed by atoms with E-state index in [1.54, 1.807) is 25.1 Å². The summed E-state index contributed by atoms with van der Waals surface area (Å²) in [5.41, 5.74) is 6.99. The van der Waals surface area contributed by atoms with E-state index in [2.05, 4.69) is 5.32 Å². The Kier molecular flexibility index (Phi) is 4.93. The highest BCUT2D eigenvalue weighted by atomic mass is 35.5. The first-order valence-electron chi connectivity index (χ1n) is 5.40.